The number of alkyl halides is 6. The van der Waals surface area contributed by atoms with E-state index in [2.05, 4.69) is 0 Å². The minimum Gasteiger partial charge on any atom is -0.491 e. The van der Waals surface area contributed by atoms with Crippen molar-refractivity contribution < 1.29 is 60.4 Å². The summed E-state index contributed by atoms with van der Waals surface area (Å²) in [5.41, 5.74) is -2.23. The van der Waals surface area contributed by atoms with Crippen LogP contribution in [0.25, 0.3) is 0 Å². The molecule has 0 bridgehead atoms. The Bertz CT molecular complexity index is 999. The molecule has 1 aliphatic heterocycles. The van der Waals surface area contributed by atoms with Gasteiger partial charge < -0.3 is 34.1 Å². The Morgan fingerprint density at radius 2 is 1.47 bits per heavy atom. The SMILES string of the molecule is OCCOc1ccc(B(O)O)cc1C(F)(F)F.[B]c1ccc(OCCOC2CCCCO2)c(C(F)(F)F)c1. The molecule has 1 heterocycles. The minimum atomic E-state index is -4.67. The first-order chi connectivity index (χ1) is 17.8. The number of aliphatic hydroxyl groups is 1. The third kappa shape index (κ3) is 10.4. The fraction of sp³-hybridized carbons (Fsp3) is 0.478. The van der Waals surface area contributed by atoms with Gasteiger partial charge in [-0.2, -0.15) is 26.3 Å². The summed E-state index contributed by atoms with van der Waals surface area (Å²) >= 11 is 0. The van der Waals surface area contributed by atoms with Gasteiger partial charge in [0.2, 0.25) is 0 Å². The first-order valence-electron chi connectivity index (χ1n) is 11.5. The second-order valence-corrected chi connectivity index (χ2v) is 7.97. The second kappa shape index (κ2) is 14.6. The molecule has 2 aromatic rings. The van der Waals surface area contributed by atoms with Gasteiger partial charge in [-0.3, -0.25) is 0 Å². The van der Waals surface area contributed by atoms with Gasteiger partial charge in [-0.25, -0.2) is 0 Å². The number of halogens is 6. The molecule has 2 aromatic carbocycles. The third-order valence-corrected chi connectivity index (χ3v) is 5.05. The maximum Gasteiger partial charge on any atom is 0.488 e. The molecule has 0 amide bonds. The van der Waals surface area contributed by atoms with Crippen LogP contribution in [0.4, 0.5) is 26.3 Å². The van der Waals surface area contributed by atoms with E-state index in [9.17, 15) is 26.3 Å². The lowest BCUT2D eigenvalue weighted by atomic mass is 9.79. The van der Waals surface area contributed by atoms with Gasteiger partial charge in [-0.05, 0) is 42.9 Å². The molecule has 0 aliphatic carbocycles. The number of hydrogen-bond donors (Lipinski definition) is 3. The average Bonchev–Trinajstić information content (AvgIpc) is 2.86. The monoisotopic (exact) mass is 550 g/mol. The van der Waals surface area contributed by atoms with E-state index in [0.29, 0.717) is 12.7 Å². The number of benzene rings is 2. The van der Waals surface area contributed by atoms with Gasteiger partial charge in [0.1, 0.15) is 32.6 Å². The largest absolute Gasteiger partial charge is 0.491 e. The van der Waals surface area contributed by atoms with Crippen molar-refractivity contribution in [1.82, 2.24) is 0 Å². The standard InChI is InChI=1S/C14H16BF3O3.C9H10BF3O4/c15-10-4-5-12(11(9-10)14(16,17)18)19-7-8-21-13-3-1-2-6-20-13;11-9(12,13)7-5-6(10(15)16)1-2-8(7)17-4-3-14/h4-5,9,13H,1-3,6-8H2;1-2,5,14-16H,3-4H2. The van der Waals surface area contributed by atoms with Crippen molar-refractivity contribution in [2.24, 2.45) is 0 Å². The van der Waals surface area contributed by atoms with Gasteiger partial charge in [0, 0.05) is 6.61 Å². The molecule has 0 spiro atoms. The summed E-state index contributed by atoms with van der Waals surface area (Å²) in [5, 5.41) is 26.1. The molecule has 1 unspecified atom stereocenters. The molecule has 3 rings (SSSR count). The summed E-state index contributed by atoms with van der Waals surface area (Å²) in [6, 6.07) is 6.13. The van der Waals surface area contributed by atoms with Crippen molar-refractivity contribution in [3.8, 4) is 11.5 Å². The molecular weight excluding hydrogens is 524 g/mol. The van der Waals surface area contributed by atoms with Crippen LogP contribution >= 0.6 is 0 Å². The second-order valence-electron chi connectivity index (χ2n) is 7.97. The molecule has 3 N–H and O–H groups in total. The first-order valence-corrected chi connectivity index (χ1v) is 11.5. The summed E-state index contributed by atoms with van der Waals surface area (Å²) in [5.74, 6) is -0.708. The van der Waals surface area contributed by atoms with Crippen molar-refractivity contribution in [2.45, 2.75) is 37.9 Å². The molecule has 38 heavy (non-hydrogen) atoms. The molecule has 0 saturated carbocycles. The van der Waals surface area contributed by atoms with Crippen LogP contribution in [0.1, 0.15) is 30.4 Å². The van der Waals surface area contributed by atoms with Crippen LogP contribution < -0.4 is 20.4 Å². The predicted molar refractivity (Wildman–Crippen MR) is 126 cm³/mol. The van der Waals surface area contributed by atoms with Gasteiger partial charge in [-0.15, -0.1) is 0 Å². The number of aliphatic hydroxyl groups excluding tert-OH is 1. The molecule has 7 nitrogen and oxygen atoms in total. The fourth-order valence-corrected chi connectivity index (χ4v) is 3.28. The van der Waals surface area contributed by atoms with E-state index in [4.69, 9.17) is 41.9 Å². The first kappa shape index (κ1) is 31.8. The average molecular weight is 550 g/mol. The molecule has 2 radical (unpaired) electrons. The van der Waals surface area contributed by atoms with E-state index in [1.54, 1.807) is 0 Å². The zero-order valence-electron chi connectivity index (χ0n) is 20.1. The highest BCUT2D eigenvalue weighted by Crippen LogP contribution is 2.36. The van der Waals surface area contributed by atoms with Crippen LogP contribution in [-0.2, 0) is 21.8 Å². The summed E-state index contributed by atoms with van der Waals surface area (Å²) in [7, 11) is 3.40. The van der Waals surface area contributed by atoms with Crippen molar-refractivity contribution in [3.05, 3.63) is 47.5 Å². The molecule has 1 atom stereocenters. The van der Waals surface area contributed by atoms with E-state index in [0.717, 1.165) is 37.5 Å². The highest BCUT2D eigenvalue weighted by Gasteiger charge is 2.36. The lowest BCUT2D eigenvalue weighted by Crippen LogP contribution is -2.31. The Morgan fingerprint density at radius 1 is 0.868 bits per heavy atom. The summed E-state index contributed by atoms with van der Waals surface area (Å²) in [4.78, 5) is 0. The smallest absolute Gasteiger partial charge is 0.488 e. The van der Waals surface area contributed by atoms with Crippen LogP contribution in [0.2, 0.25) is 0 Å². The topological polar surface area (TPSA) is 97.6 Å². The Kier molecular flexibility index (Phi) is 12.2. The normalized spacial score (nSPS) is 15.9. The van der Waals surface area contributed by atoms with Crippen LogP contribution in [0.15, 0.2) is 36.4 Å². The van der Waals surface area contributed by atoms with Crippen molar-refractivity contribution >= 4 is 25.9 Å². The quantitative estimate of drug-likeness (QED) is 0.251. The van der Waals surface area contributed by atoms with Gasteiger partial charge in [0.05, 0.1) is 24.3 Å². The van der Waals surface area contributed by atoms with Gasteiger partial charge >= 0.3 is 19.5 Å². The summed E-state index contributed by atoms with van der Waals surface area (Å²) < 4.78 is 97.0. The number of hydrogen-bond acceptors (Lipinski definition) is 7. The number of rotatable bonds is 9. The van der Waals surface area contributed by atoms with E-state index in [1.165, 1.54) is 12.1 Å². The van der Waals surface area contributed by atoms with E-state index in [1.807, 2.05) is 0 Å². The fourth-order valence-electron chi connectivity index (χ4n) is 3.28. The van der Waals surface area contributed by atoms with E-state index < -0.39 is 43.0 Å². The maximum atomic E-state index is 12.8. The van der Waals surface area contributed by atoms with Gasteiger partial charge in [0.15, 0.2) is 6.29 Å². The highest BCUT2D eigenvalue weighted by atomic mass is 19.4. The zero-order valence-corrected chi connectivity index (χ0v) is 20.1. The van der Waals surface area contributed by atoms with Crippen molar-refractivity contribution in [3.63, 3.8) is 0 Å². The van der Waals surface area contributed by atoms with Gasteiger partial charge in [0.25, 0.3) is 0 Å². The Labute approximate surface area is 216 Å². The lowest BCUT2D eigenvalue weighted by molar-refractivity contribution is -0.166. The maximum absolute atomic E-state index is 12.8. The van der Waals surface area contributed by atoms with Crippen LogP contribution in [0.3, 0.4) is 0 Å². The lowest BCUT2D eigenvalue weighted by Gasteiger charge is -2.22. The minimum absolute atomic E-state index is 0.0207. The number of ether oxygens (including phenoxy) is 4. The van der Waals surface area contributed by atoms with Crippen LogP contribution in [-0.4, -0.2) is 69.4 Å². The Hall–Kier alpha value is -2.45. The summed E-state index contributed by atoms with van der Waals surface area (Å²) in [6.45, 7) is 0.159. The Balaban J connectivity index is 0.000000273. The molecule has 15 heteroatoms. The van der Waals surface area contributed by atoms with E-state index >= 15 is 0 Å². The molecule has 0 aromatic heterocycles. The third-order valence-electron chi connectivity index (χ3n) is 5.05. The molecule has 1 fully saturated rings. The Morgan fingerprint density at radius 3 is 2.03 bits per heavy atom. The van der Waals surface area contributed by atoms with Crippen molar-refractivity contribution in [1.29, 1.82) is 0 Å². The van der Waals surface area contributed by atoms with Crippen LogP contribution in [0.5, 0.6) is 11.5 Å². The molecule has 208 valence electrons. The summed E-state index contributed by atoms with van der Waals surface area (Å²) in [6.07, 6.45) is -6.61. The van der Waals surface area contributed by atoms with Gasteiger partial charge in [-0.1, -0.05) is 23.7 Å². The zero-order chi connectivity index (χ0) is 28.3. The highest BCUT2D eigenvalue weighted by molar-refractivity contribution is 6.58. The molecule has 1 saturated heterocycles. The van der Waals surface area contributed by atoms with Crippen molar-refractivity contribution in [2.75, 3.05) is 33.0 Å². The predicted octanol–water partition coefficient (Wildman–Crippen LogP) is 2.18. The molecular formula is C23H26B2F6O7. The molecule has 1 aliphatic rings. The van der Waals surface area contributed by atoms with Crippen LogP contribution in [0, 0.1) is 0 Å². The van der Waals surface area contributed by atoms with E-state index in [-0.39, 0.29) is 42.8 Å².